The van der Waals surface area contributed by atoms with Gasteiger partial charge in [-0.25, -0.2) is 0 Å². The number of para-hydroxylation sites is 1. The molecule has 2 aromatic carbocycles. The van der Waals surface area contributed by atoms with Crippen LogP contribution in [0.15, 0.2) is 54.6 Å². The lowest BCUT2D eigenvalue weighted by Crippen LogP contribution is -2.46. The van der Waals surface area contributed by atoms with E-state index in [1.165, 1.54) is 5.56 Å². The fraction of sp³-hybridized carbons (Fsp3) is 0.350. The van der Waals surface area contributed by atoms with Crippen LogP contribution in [0.25, 0.3) is 0 Å². The molecule has 1 aliphatic heterocycles. The number of anilines is 2. The Kier molecular flexibility index (Phi) is 4.86. The lowest BCUT2D eigenvalue weighted by atomic mass is 10.0. The molecule has 4 heteroatoms. The summed E-state index contributed by atoms with van der Waals surface area (Å²) in [6, 6.07) is 18.7. The normalized spacial score (nSPS) is 20.8. The van der Waals surface area contributed by atoms with Crippen molar-refractivity contribution in [2.75, 3.05) is 18.4 Å². The van der Waals surface area contributed by atoms with Crippen molar-refractivity contribution >= 4 is 17.3 Å². The second kappa shape index (κ2) is 7.05. The second-order valence-corrected chi connectivity index (χ2v) is 6.89. The third-order valence-corrected chi connectivity index (χ3v) is 4.43. The summed E-state index contributed by atoms with van der Waals surface area (Å²) in [5.74, 6) is 0.0495. The SMILES string of the molecule is CC(=O)NC1(C)CCN(Cc2cccc(Nc3ccccc3)c2)C1. The Balaban J connectivity index is 1.62. The van der Waals surface area contributed by atoms with Gasteiger partial charge in [-0.2, -0.15) is 0 Å². The van der Waals surface area contributed by atoms with Crippen molar-refractivity contribution in [3.05, 3.63) is 60.2 Å². The van der Waals surface area contributed by atoms with Gasteiger partial charge in [0.25, 0.3) is 0 Å². The van der Waals surface area contributed by atoms with Crippen LogP contribution in [0.5, 0.6) is 0 Å². The molecule has 4 nitrogen and oxygen atoms in total. The first-order valence-electron chi connectivity index (χ1n) is 8.45. The summed E-state index contributed by atoms with van der Waals surface area (Å²) in [5, 5.41) is 6.52. The van der Waals surface area contributed by atoms with Crippen LogP contribution < -0.4 is 10.6 Å². The first-order valence-corrected chi connectivity index (χ1v) is 8.45. The maximum absolute atomic E-state index is 11.4. The smallest absolute Gasteiger partial charge is 0.217 e. The van der Waals surface area contributed by atoms with Crippen LogP contribution in [0.4, 0.5) is 11.4 Å². The van der Waals surface area contributed by atoms with E-state index >= 15 is 0 Å². The molecule has 1 aliphatic rings. The van der Waals surface area contributed by atoms with Gasteiger partial charge in [0, 0.05) is 37.9 Å². The number of hydrogen-bond donors (Lipinski definition) is 2. The van der Waals surface area contributed by atoms with Crippen LogP contribution in [0, 0.1) is 0 Å². The van der Waals surface area contributed by atoms with Gasteiger partial charge < -0.3 is 10.6 Å². The van der Waals surface area contributed by atoms with Gasteiger partial charge in [-0.3, -0.25) is 9.69 Å². The Bertz CT molecular complexity index is 701. The van der Waals surface area contributed by atoms with Gasteiger partial charge in [0.15, 0.2) is 0 Å². The molecule has 1 heterocycles. The first kappa shape index (κ1) is 16.5. The summed E-state index contributed by atoms with van der Waals surface area (Å²) >= 11 is 0. The van der Waals surface area contributed by atoms with E-state index in [4.69, 9.17) is 0 Å². The maximum Gasteiger partial charge on any atom is 0.217 e. The molecule has 1 fully saturated rings. The molecule has 0 spiro atoms. The summed E-state index contributed by atoms with van der Waals surface area (Å²) in [5.41, 5.74) is 3.37. The Hall–Kier alpha value is -2.33. The van der Waals surface area contributed by atoms with Crippen LogP contribution in [-0.4, -0.2) is 29.4 Å². The molecule has 2 N–H and O–H groups in total. The van der Waals surface area contributed by atoms with E-state index in [2.05, 4.69) is 58.9 Å². The Morgan fingerprint density at radius 2 is 1.88 bits per heavy atom. The van der Waals surface area contributed by atoms with Crippen molar-refractivity contribution in [2.24, 2.45) is 0 Å². The van der Waals surface area contributed by atoms with Crippen LogP contribution in [0.1, 0.15) is 25.8 Å². The molecule has 0 bridgehead atoms. The van der Waals surface area contributed by atoms with E-state index in [0.717, 1.165) is 37.4 Å². The monoisotopic (exact) mass is 323 g/mol. The number of carbonyl (C=O) groups is 1. The van der Waals surface area contributed by atoms with Gasteiger partial charge in [0.2, 0.25) is 5.91 Å². The number of amides is 1. The molecule has 1 unspecified atom stereocenters. The van der Waals surface area contributed by atoms with E-state index in [0.29, 0.717) is 0 Å². The standard InChI is InChI=1S/C20H25N3O/c1-16(24)22-20(2)11-12-23(15-20)14-17-7-6-10-19(13-17)21-18-8-4-3-5-9-18/h3-10,13,21H,11-12,14-15H2,1-2H3,(H,22,24). The topological polar surface area (TPSA) is 44.4 Å². The largest absolute Gasteiger partial charge is 0.356 e. The molecule has 0 radical (unpaired) electrons. The number of rotatable bonds is 5. The summed E-state index contributed by atoms with van der Waals surface area (Å²) in [6.07, 6.45) is 0.995. The van der Waals surface area contributed by atoms with Crippen LogP contribution in [0.2, 0.25) is 0 Å². The molecule has 1 amide bonds. The number of hydrogen-bond acceptors (Lipinski definition) is 3. The molecule has 0 aliphatic carbocycles. The fourth-order valence-electron chi connectivity index (χ4n) is 3.41. The molecule has 3 rings (SSSR count). The Labute approximate surface area is 143 Å². The number of carbonyl (C=O) groups excluding carboxylic acids is 1. The quantitative estimate of drug-likeness (QED) is 0.885. The Morgan fingerprint density at radius 1 is 1.12 bits per heavy atom. The van der Waals surface area contributed by atoms with Gasteiger partial charge in [0.05, 0.1) is 5.54 Å². The predicted octanol–water partition coefficient (Wildman–Crippen LogP) is 3.53. The first-order chi connectivity index (χ1) is 11.5. The Morgan fingerprint density at radius 3 is 2.62 bits per heavy atom. The van der Waals surface area contributed by atoms with Crippen molar-refractivity contribution in [2.45, 2.75) is 32.4 Å². The molecular weight excluding hydrogens is 298 g/mol. The summed E-state index contributed by atoms with van der Waals surface area (Å²) in [6.45, 7) is 6.52. The van der Waals surface area contributed by atoms with E-state index in [1.54, 1.807) is 6.92 Å². The van der Waals surface area contributed by atoms with E-state index < -0.39 is 0 Å². The lowest BCUT2D eigenvalue weighted by molar-refractivity contribution is -0.120. The summed E-state index contributed by atoms with van der Waals surface area (Å²) < 4.78 is 0. The van der Waals surface area contributed by atoms with Crippen molar-refractivity contribution in [3.63, 3.8) is 0 Å². The molecule has 126 valence electrons. The third-order valence-electron chi connectivity index (χ3n) is 4.43. The zero-order chi connectivity index (χ0) is 17.0. The third kappa shape index (κ3) is 4.36. The molecule has 1 saturated heterocycles. The number of nitrogens with zero attached hydrogens (tertiary/aromatic N) is 1. The molecular formula is C20H25N3O. The van der Waals surface area contributed by atoms with Gasteiger partial charge in [-0.1, -0.05) is 30.3 Å². The average molecular weight is 323 g/mol. The summed E-state index contributed by atoms with van der Waals surface area (Å²) in [4.78, 5) is 13.8. The van der Waals surface area contributed by atoms with Crippen molar-refractivity contribution in [1.82, 2.24) is 10.2 Å². The second-order valence-electron chi connectivity index (χ2n) is 6.89. The minimum atomic E-state index is -0.105. The van der Waals surface area contributed by atoms with Crippen molar-refractivity contribution < 1.29 is 4.79 Å². The molecule has 0 aromatic heterocycles. The van der Waals surface area contributed by atoms with E-state index in [9.17, 15) is 4.79 Å². The highest BCUT2D eigenvalue weighted by Crippen LogP contribution is 2.24. The van der Waals surface area contributed by atoms with E-state index in [1.807, 2.05) is 18.2 Å². The van der Waals surface area contributed by atoms with Gasteiger partial charge in [0.1, 0.15) is 0 Å². The minimum Gasteiger partial charge on any atom is -0.356 e. The predicted molar refractivity (Wildman–Crippen MR) is 98.3 cm³/mol. The van der Waals surface area contributed by atoms with E-state index in [-0.39, 0.29) is 11.4 Å². The van der Waals surface area contributed by atoms with Gasteiger partial charge in [-0.05, 0) is 43.2 Å². The molecule has 2 aromatic rings. The van der Waals surface area contributed by atoms with Crippen LogP contribution >= 0.6 is 0 Å². The molecule has 24 heavy (non-hydrogen) atoms. The zero-order valence-corrected chi connectivity index (χ0v) is 14.4. The lowest BCUT2D eigenvalue weighted by Gasteiger charge is -2.25. The fourth-order valence-corrected chi connectivity index (χ4v) is 3.41. The highest BCUT2D eigenvalue weighted by molar-refractivity contribution is 5.73. The highest BCUT2D eigenvalue weighted by atomic mass is 16.1. The summed E-state index contributed by atoms with van der Waals surface area (Å²) in [7, 11) is 0. The average Bonchev–Trinajstić information content (AvgIpc) is 2.88. The van der Waals surface area contributed by atoms with Gasteiger partial charge in [-0.15, -0.1) is 0 Å². The van der Waals surface area contributed by atoms with Crippen molar-refractivity contribution in [1.29, 1.82) is 0 Å². The zero-order valence-electron chi connectivity index (χ0n) is 14.4. The molecule has 0 saturated carbocycles. The highest BCUT2D eigenvalue weighted by Gasteiger charge is 2.34. The van der Waals surface area contributed by atoms with Gasteiger partial charge >= 0.3 is 0 Å². The van der Waals surface area contributed by atoms with Crippen LogP contribution in [0.3, 0.4) is 0 Å². The number of benzene rings is 2. The van der Waals surface area contributed by atoms with Crippen LogP contribution in [-0.2, 0) is 11.3 Å². The molecule has 1 atom stereocenters. The minimum absolute atomic E-state index is 0.0495. The van der Waals surface area contributed by atoms with Crippen molar-refractivity contribution in [3.8, 4) is 0 Å². The number of nitrogens with one attached hydrogen (secondary N) is 2. The maximum atomic E-state index is 11.4. The number of likely N-dealkylation sites (tertiary alicyclic amines) is 1.